The molecule has 2 unspecified atom stereocenters. The summed E-state index contributed by atoms with van der Waals surface area (Å²) in [5.74, 6) is 2.18. The number of carbonyl (C=O) groups excluding carboxylic acids is 1. The third-order valence-electron chi connectivity index (χ3n) is 5.80. The molecule has 0 aromatic heterocycles. The molecule has 0 radical (unpaired) electrons. The molecule has 0 saturated heterocycles. The van der Waals surface area contributed by atoms with E-state index in [1.54, 1.807) is 7.11 Å². The first-order valence-electron chi connectivity index (χ1n) is 8.15. The maximum atomic E-state index is 13.0. The summed E-state index contributed by atoms with van der Waals surface area (Å²) in [5, 5.41) is 3.11. The minimum atomic E-state index is -0.255. The van der Waals surface area contributed by atoms with Gasteiger partial charge in [0.15, 0.2) is 0 Å². The number of rotatable bonds is 3. The lowest BCUT2D eigenvalue weighted by Crippen LogP contribution is -2.57. The number of hydrogen-bond donors (Lipinski definition) is 1. The Kier molecular flexibility index (Phi) is 3.19. The van der Waals surface area contributed by atoms with Gasteiger partial charge in [-0.15, -0.1) is 11.6 Å². The molecule has 4 bridgehead atoms. The maximum Gasteiger partial charge on any atom is 0.230 e. The SMILES string of the molecule is COc1cccc(NC(=O)C23C[C@@H]4C[C@@H](CC(Cl)(C4)C2)C3)c1. The molecule has 4 heteroatoms. The van der Waals surface area contributed by atoms with Gasteiger partial charge in [-0.1, -0.05) is 6.07 Å². The van der Waals surface area contributed by atoms with Crippen LogP contribution in [0.1, 0.15) is 38.5 Å². The summed E-state index contributed by atoms with van der Waals surface area (Å²) in [6, 6.07) is 7.57. The average Bonchev–Trinajstić information content (AvgIpc) is 2.45. The molecule has 118 valence electrons. The van der Waals surface area contributed by atoms with Crippen molar-refractivity contribution in [2.24, 2.45) is 17.3 Å². The minimum absolute atomic E-state index is 0.129. The van der Waals surface area contributed by atoms with Crippen molar-refractivity contribution in [3.05, 3.63) is 24.3 Å². The molecule has 1 amide bonds. The van der Waals surface area contributed by atoms with Gasteiger partial charge in [-0.05, 0) is 62.5 Å². The van der Waals surface area contributed by atoms with Gasteiger partial charge in [-0.25, -0.2) is 0 Å². The Labute approximate surface area is 136 Å². The van der Waals surface area contributed by atoms with Crippen LogP contribution in [-0.2, 0) is 4.79 Å². The molecule has 1 aromatic rings. The van der Waals surface area contributed by atoms with Crippen LogP contribution in [0.2, 0.25) is 0 Å². The molecule has 22 heavy (non-hydrogen) atoms. The van der Waals surface area contributed by atoms with Gasteiger partial charge in [0.1, 0.15) is 5.75 Å². The first-order valence-corrected chi connectivity index (χ1v) is 8.53. The fourth-order valence-electron chi connectivity index (χ4n) is 5.38. The van der Waals surface area contributed by atoms with Crippen molar-refractivity contribution in [2.45, 2.75) is 43.4 Å². The fourth-order valence-corrected chi connectivity index (χ4v) is 6.07. The van der Waals surface area contributed by atoms with E-state index in [1.165, 1.54) is 6.42 Å². The summed E-state index contributed by atoms with van der Waals surface area (Å²) in [6.45, 7) is 0. The molecule has 1 aromatic carbocycles. The second kappa shape index (κ2) is 4.89. The van der Waals surface area contributed by atoms with Crippen molar-refractivity contribution in [1.29, 1.82) is 0 Å². The Balaban J connectivity index is 1.57. The Bertz CT molecular complexity index is 601. The molecule has 0 spiro atoms. The van der Waals surface area contributed by atoms with Crippen molar-refractivity contribution in [2.75, 3.05) is 12.4 Å². The second-order valence-corrected chi connectivity index (χ2v) is 8.38. The minimum Gasteiger partial charge on any atom is -0.497 e. The smallest absolute Gasteiger partial charge is 0.230 e. The summed E-state index contributed by atoms with van der Waals surface area (Å²) >= 11 is 6.82. The van der Waals surface area contributed by atoms with Gasteiger partial charge in [0.2, 0.25) is 5.91 Å². The number of halogens is 1. The zero-order chi connectivity index (χ0) is 15.4. The van der Waals surface area contributed by atoms with E-state index >= 15 is 0 Å². The molecule has 4 fully saturated rings. The molecule has 4 aliphatic carbocycles. The number of amides is 1. The van der Waals surface area contributed by atoms with Crippen LogP contribution in [0.15, 0.2) is 24.3 Å². The predicted octanol–water partition coefficient (Wildman–Crippen LogP) is 4.21. The lowest BCUT2D eigenvalue weighted by Gasteiger charge is -2.59. The normalized spacial score (nSPS) is 38.8. The van der Waals surface area contributed by atoms with E-state index in [2.05, 4.69) is 5.32 Å². The Hall–Kier alpha value is -1.22. The summed E-state index contributed by atoms with van der Waals surface area (Å²) in [4.78, 5) is 12.9. The number of hydrogen-bond acceptors (Lipinski definition) is 2. The van der Waals surface area contributed by atoms with E-state index in [0.717, 1.165) is 43.5 Å². The quantitative estimate of drug-likeness (QED) is 0.847. The molecule has 0 heterocycles. The molecule has 0 aliphatic heterocycles. The third kappa shape index (κ3) is 2.30. The third-order valence-corrected chi connectivity index (χ3v) is 6.24. The lowest BCUT2D eigenvalue weighted by atomic mass is 9.49. The van der Waals surface area contributed by atoms with Crippen LogP contribution in [0, 0.1) is 17.3 Å². The molecular formula is C18H22ClNO2. The molecule has 5 rings (SSSR count). The van der Waals surface area contributed by atoms with E-state index in [4.69, 9.17) is 16.3 Å². The van der Waals surface area contributed by atoms with Crippen molar-refractivity contribution >= 4 is 23.2 Å². The van der Waals surface area contributed by atoms with Gasteiger partial charge < -0.3 is 10.1 Å². The summed E-state index contributed by atoms with van der Waals surface area (Å²) < 4.78 is 5.23. The first-order chi connectivity index (χ1) is 10.5. The van der Waals surface area contributed by atoms with Gasteiger partial charge in [0.05, 0.1) is 12.5 Å². The van der Waals surface area contributed by atoms with E-state index < -0.39 is 0 Å². The van der Waals surface area contributed by atoms with E-state index in [0.29, 0.717) is 11.8 Å². The number of alkyl halides is 1. The van der Waals surface area contributed by atoms with E-state index in [9.17, 15) is 4.79 Å². The summed E-state index contributed by atoms with van der Waals surface area (Å²) in [5.41, 5.74) is 0.554. The van der Waals surface area contributed by atoms with Crippen molar-refractivity contribution in [3.8, 4) is 5.75 Å². The highest BCUT2D eigenvalue weighted by Crippen LogP contribution is 2.64. The zero-order valence-electron chi connectivity index (χ0n) is 12.9. The molecule has 1 N–H and O–H groups in total. The lowest BCUT2D eigenvalue weighted by molar-refractivity contribution is -0.138. The van der Waals surface area contributed by atoms with E-state index in [1.807, 2.05) is 24.3 Å². The van der Waals surface area contributed by atoms with Crippen LogP contribution in [0.3, 0.4) is 0 Å². The number of anilines is 1. The molecular weight excluding hydrogens is 298 g/mol. The first kappa shape index (κ1) is 14.4. The largest absolute Gasteiger partial charge is 0.497 e. The Morgan fingerprint density at radius 3 is 2.64 bits per heavy atom. The predicted molar refractivity (Wildman–Crippen MR) is 87.3 cm³/mol. The van der Waals surface area contributed by atoms with E-state index in [-0.39, 0.29) is 16.2 Å². The number of nitrogens with one attached hydrogen (secondary N) is 1. The highest BCUT2D eigenvalue weighted by Gasteiger charge is 2.60. The number of ether oxygens (including phenoxy) is 1. The highest BCUT2D eigenvalue weighted by molar-refractivity contribution is 6.24. The van der Waals surface area contributed by atoms with Crippen LogP contribution < -0.4 is 10.1 Å². The fraction of sp³-hybridized carbons (Fsp3) is 0.611. The summed E-state index contributed by atoms with van der Waals surface area (Å²) in [6.07, 6.45) is 6.31. The van der Waals surface area contributed by atoms with Crippen LogP contribution in [0.5, 0.6) is 5.75 Å². The molecule has 4 saturated carbocycles. The summed E-state index contributed by atoms with van der Waals surface area (Å²) in [7, 11) is 1.64. The second-order valence-electron chi connectivity index (χ2n) is 7.58. The van der Waals surface area contributed by atoms with Gasteiger partial charge in [0.25, 0.3) is 0 Å². The van der Waals surface area contributed by atoms with Crippen LogP contribution in [0.4, 0.5) is 5.69 Å². The number of benzene rings is 1. The van der Waals surface area contributed by atoms with Crippen molar-refractivity contribution in [1.82, 2.24) is 0 Å². The number of carbonyl (C=O) groups is 1. The van der Waals surface area contributed by atoms with Gasteiger partial charge in [-0.3, -0.25) is 4.79 Å². The number of methoxy groups -OCH3 is 1. The maximum absolute atomic E-state index is 13.0. The molecule has 3 nitrogen and oxygen atoms in total. The van der Waals surface area contributed by atoms with Gasteiger partial charge in [0, 0.05) is 16.6 Å². The Morgan fingerprint density at radius 2 is 2.00 bits per heavy atom. The Morgan fingerprint density at radius 1 is 1.27 bits per heavy atom. The van der Waals surface area contributed by atoms with Crippen molar-refractivity contribution < 1.29 is 9.53 Å². The highest BCUT2D eigenvalue weighted by atomic mass is 35.5. The van der Waals surface area contributed by atoms with Gasteiger partial charge >= 0.3 is 0 Å². The van der Waals surface area contributed by atoms with Crippen LogP contribution in [0.25, 0.3) is 0 Å². The van der Waals surface area contributed by atoms with Gasteiger partial charge in [-0.2, -0.15) is 0 Å². The topological polar surface area (TPSA) is 38.3 Å². The molecule has 4 atom stereocenters. The monoisotopic (exact) mass is 319 g/mol. The molecule has 4 aliphatic rings. The average molecular weight is 320 g/mol. The standard InChI is InChI=1S/C18H22ClNO2/c1-22-15-4-2-3-14(6-15)20-16(21)17-7-12-5-13(8-17)10-18(19,9-12)11-17/h2-4,6,12-13H,5,7-11H2,1H3,(H,20,21)/t12-,13+,17?,18?. The van der Waals surface area contributed by atoms with Crippen LogP contribution in [-0.4, -0.2) is 17.9 Å². The van der Waals surface area contributed by atoms with Crippen LogP contribution >= 0.6 is 11.6 Å². The van der Waals surface area contributed by atoms with Crippen molar-refractivity contribution in [3.63, 3.8) is 0 Å². The zero-order valence-corrected chi connectivity index (χ0v) is 13.7.